The van der Waals surface area contributed by atoms with Crippen molar-refractivity contribution in [3.63, 3.8) is 0 Å². The highest BCUT2D eigenvalue weighted by molar-refractivity contribution is 4.96. The van der Waals surface area contributed by atoms with Crippen LogP contribution in [0.15, 0.2) is 0 Å². The van der Waals surface area contributed by atoms with Crippen LogP contribution in [-0.2, 0) is 0 Å². The van der Waals surface area contributed by atoms with Crippen LogP contribution in [0.4, 0.5) is 4.39 Å². The molecule has 0 aromatic carbocycles. The monoisotopic (exact) mass is 145 g/mol. The molecule has 0 amide bonds. The lowest BCUT2D eigenvalue weighted by Crippen LogP contribution is -2.28. The molecule has 0 aliphatic heterocycles. The summed E-state index contributed by atoms with van der Waals surface area (Å²) >= 11 is 0. The maximum absolute atomic E-state index is 13.0. The summed E-state index contributed by atoms with van der Waals surface area (Å²) in [5.41, 5.74) is -0.802. The molecule has 0 heterocycles. The van der Waals surface area contributed by atoms with Crippen LogP contribution in [0.1, 0.15) is 26.2 Å². The molecule has 0 bridgehead atoms. The van der Waals surface area contributed by atoms with Gasteiger partial charge in [-0.05, 0) is 32.9 Å². The van der Waals surface area contributed by atoms with Gasteiger partial charge >= 0.3 is 0 Å². The van der Waals surface area contributed by atoms with Crippen molar-refractivity contribution in [2.45, 2.75) is 31.9 Å². The van der Waals surface area contributed by atoms with E-state index in [0.717, 1.165) is 25.8 Å². The lowest BCUT2D eigenvalue weighted by atomic mass is 10.3. The zero-order valence-electron chi connectivity index (χ0n) is 6.86. The molecule has 1 fully saturated rings. The zero-order chi connectivity index (χ0) is 7.61. The van der Waals surface area contributed by atoms with Gasteiger partial charge in [-0.15, -0.1) is 0 Å². The molecule has 1 aliphatic rings. The molecule has 10 heavy (non-hydrogen) atoms. The molecular weight excluding hydrogens is 129 g/mol. The minimum absolute atomic E-state index is 0.640. The molecule has 0 spiro atoms. The Hall–Kier alpha value is -0.110. The van der Waals surface area contributed by atoms with Crippen LogP contribution < -0.4 is 0 Å². The Morgan fingerprint density at radius 2 is 2.10 bits per heavy atom. The standard InChI is InChI=1S/C8H16FN/c1-3-6-10(2)7-8(9)4-5-8/h3-7H2,1-2H3. The average Bonchev–Trinajstić information content (AvgIpc) is 2.48. The van der Waals surface area contributed by atoms with Gasteiger partial charge in [0.2, 0.25) is 0 Å². The van der Waals surface area contributed by atoms with Crippen LogP contribution in [0.25, 0.3) is 0 Å². The molecule has 1 aliphatic carbocycles. The van der Waals surface area contributed by atoms with E-state index in [1.807, 2.05) is 7.05 Å². The van der Waals surface area contributed by atoms with Crippen molar-refractivity contribution in [1.29, 1.82) is 0 Å². The number of hydrogen-bond donors (Lipinski definition) is 0. The molecule has 60 valence electrons. The number of alkyl halides is 1. The maximum Gasteiger partial charge on any atom is 0.123 e. The van der Waals surface area contributed by atoms with Crippen molar-refractivity contribution in [2.24, 2.45) is 0 Å². The summed E-state index contributed by atoms with van der Waals surface area (Å²) in [6.45, 7) is 3.78. The third-order valence-corrected chi connectivity index (χ3v) is 1.95. The average molecular weight is 145 g/mol. The van der Waals surface area contributed by atoms with Crippen molar-refractivity contribution in [3.8, 4) is 0 Å². The number of nitrogens with zero attached hydrogens (tertiary/aromatic N) is 1. The van der Waals surface area contributed by atoms with Gasteiger partial charge < -0.3 is 4.90 Å². The molecule has 0 unspecified atom stereocenters. The second-order valence-corrected chi connectivity index (χ2v) is 3.39. The Morgan fingerprint density at radius 3 is 2.50 bits per heavy atom. The van der Waals surface area contributed by atoms with Crippen LogP contribution in [0.5, 0.6) is 0 Å². The Morgan fingerprint density at radius 1 is 1.50 bits per heavy atom. The van der Waals surface area contributed by atoms with E-state index in [-0.39, 0.29) is 0 Å². The third kappa shape index (κ3) is 2.25. The van der Waals surface area contributed by atoms with Gasteiger partial charge in [0, 0.05) is 6.54 Å². The van der Waals surface area contributed by atoms with Crippen molar-refractivity contribution in [2.75, 3.05) is 20.1 Å². The quantitative estimate of drug-likeness (QED) is 0.583. The van der Waals surface area contributed by atoms with E-state index in [2.05, 4.69) is 11.8 Å². The Kier molecular flexibility index (Phi) is 2.29. The van der Waals surface area contributed by atoms with Gasteiger partial charge in [0.1, 0.15) is 5.67 Å². The molecule has 1 saturated carbocycles. The number of hydrogen-bond acceptors (Lipinski definition) is 1. The summed E-state index contributed by atoms with van der Waals surface area (Å²) in [4.78, 5) is 2.08. The second-order valence-electron chi connectivity index (χ2n) is 3.39. The van der Waals surface area contributed by atoms with Crippen LogP contribution in [-0.4, -0.2) is 30.7 Å². The highest BCUT2D eigenvalue weighted by Gasteiger charge is 2.43. The van der Waals surface area contributed by atoms with E-state index in [0.29, 0.717) is 6.54 Å². The molecule has 0 aromatic rings. The Bertz CT molecular complexity index is 110. The third-order valence-electron chi connectivity index (χ3n) is 1.95. The van der Waals surface area contributed by atoms with E-state index >= 15 is 0 Å². The molecule has 0 atom stereocenters. The Balaban J connectivity index is 2.11. The van der Waals surface area contributed by atoms with Gasteiger partial charge in [0.15, 0.2) is 0 Å². The predicted molar refractivity (Wildman–Crippen MR) is 40.9 cm³/mol. The van der Waals surface area contributed by atoms with Crippen LogP contribution >= 0.6 is 0 Å². The molecule has 0 N–H and O–H groups in total. The molecule has 0 saturated heterocycles. The fraction of sp³-hybridized carbons (Fsp3) is 1.00. The number of halogens is 1. The lowest BCUT2D eigenvalue weighted by Gasteiger charge is -2.17. The van der Waals surface area contributed by atoms with Crippen LogP contribution in [0, 0.1) is 0 Å². The summed E-state index contributed by atoms with van der Waals surface area (Å²) in [5, 5.41) is 0. The first-order valence-corrected chi connectivity index (χ1v) is 4.04. The van der Waals surface area contributed by atoms with Crippen molar-refractivity contribution < 1.29 is 4.39 Å². The van der Waals surface area contributed by atoms with Crippen molar-refractivity contribution >= 4 is 0 Å². The first kappa shape index (κ1) is 7.99. The normalized spacial score (nSPS) is 21.6. The zero-order valence-corrected chi connectivity index (χ0v) is 6.86. The summed E-state index contributed by atoms with van der Waals surface area (Å²) in [7, 11) is 1.99. The Labute approximate surface area is 62.2 Å². The highest BCUT2D eigenvalue weighted by atomic mass is 19.1. The SMILES string of the molecule is CCCN(C)CC1(F)CC1. The second kappa shape index (κ2) is 2.87. The molecular formula is C8H16FN. The topological polar surface area (TPSA) is 3.24 Å². The van der Waals surface area contributed by atoms with E-state index < -0.39 is 5.67 Å². The first-order valence-electron chi connectivity index (χ1n) is 4.04. The van der Waals surface area contributed by atoms with E-state index in [1.165, 1.54) is 0 Å². The highest BCUT2D eigenvalue weighted by Crippen LogP contribution is 2.39. The minimum atomic E-state index is -0.802. The van der Waals surface area contributed by atoms with E-state index in [1.54, 1.807) is 0 Å². The fourth-order valence-corrected chi connectivity index (χ4v) is 1.24. The smallest absolute Gasteiger partial charge is 0.123 e. The fourth-order valence-electron chi connectivity index (χ4n) is 1.24. The van der Waals surface area contributed by atoms with Gasteiger partial charge in [-0.25, -0.2) is 4.39 Å². The summed E-state index contributed by atoms with van der Waals surface area (Å²) < 4.78 is 13.0. The van der Waals surface area contributed by atoms with Crippen LogP contribution in [0.2, 0.25) is 0 Å². The van der Waals surface area contributed by atoms with Gasteiger partial charge in [-0.1, -0.05) is 6.92 Å². The molecule has 0 radical (unpaired) electrons. The van der Waals surface area contributed by atoms with Crippen LogP contribution in [0.3, 0.4) is 0 Å². The van der Waals surface area contributed by atoms with Gasteiger partial charge in [-0.3, -0.25) is 0 Å². The lowest BCUT2D eigenvalue weighted by molar-refractivity contribution is 0.203. The van der Waals surface area contributed by atoms with E-state index in [9.17, 15) is 4.39 Å². The molecule has 2 heteroatoms. The van der Waals surface area contributed by atoms with Gasteiger partial charge in [-0.2, -0.15) is 0 Å². The minimum Gasteiger partial charge on any atom is -0.303 e. The van der Waals surface area contributed by atoms with Gasteiger partial charge in [0.05, 0.1) is 0 Å². The molecule has 1 nitrogen and oxygen atoms in total. The summed E-state index contributed by atoms with van der Waals surface area (Å²) in [6.07, 6.45) is 2.68. The maximum atomic E-state index is 13.0. The first-order chi connectivity index (χ1) is 4.66. The molecule has 0 aromatic heterocycles. The summed E-state index contributed by atoms with van der Waals surface area (Å²) in [5.74, 6) is 0. The van der Waals surface area contributed by atoms with E-state index in [4.69, 9.17) is 0 Å². The largest absolute Gasteiger partial charge is 0.303 e. The van der Waals surface area contributed by atoms with Crippen molar-refractivity contribution in [3.05, 3.63) is 0 Å². The molecule has 1 rings (SSSR count). The van der Waals surface area contributed by atoms with Gasteiger partial charge in [0.25, 0.3) is 0 Å². The summed E-state index contributed by atoms with van der Waals surface area (Å²) in [6, 6.07) is 0. The number of rotatable bonds is 4. The predicted octanol–water partition coefficient (Wildman–Crippen LogP) is 1.83. The van der Waals surface area contributed by atoms with Crippen molar-refractivity contribution in [1.82, 2.24) is 4.90 Å².